The molecule has 0 unspecified atom stereocenters. The fourth-order valence-electron chi connectivity index (χ4n) is 2.26. The van der Waals surface area contributed by atoms with Crippen molar-refractivity contribution in [2.45, 2.75) is 33.6 Å². The molecule has 0 amide bonds. The maximum atomic E-state index is 12.2. The van der Waals surface area contributed by atoms with Gasteiger partial charge < -0.3 is 4.98 Å². The lowest BCUT2D eigenvalue weighted by atomic mass is 9.96. The number of ketones is 1. The fraction of sp³-hybridized carbons (Fsp3) is 0.400. The minimum Gasteiger partial charge on any atom is -0.352 e. The predicted octanol–water partition coefficient (Wildman–Crippen LogP) is 4.10. The molecule has 0 atom stereocenters. The Morgan fingerprint density at radius 1 is 1.24 bits per heavy atom. The average Bonchev–Trinajstić information content (AvgIpc) is 2.73. The van der Waals surface area contributed by atoms with Gasteiger partial charge in [0.15, 0.2) is 5.78 Å². The van der Waals surface area contributed by atoms with Crippen LogP contribution in [0.1, 0.15) is 42.7 Å². The summed E-state index contributed by atoms with van der Waals surface area (Å²) in [6.45, 7) is 6.20. The molecule has 2 rings (SSSR count). The van der Waals surface area contributed by atoms with Crippen molar-refractivity contribution in [1.29, 1.82) is 0 Å². The highest BCUT2D eigenvalue weighted by molar-refractivity contribution is 6.00. The van der Waals surface area contributed by atoms with E-state index in [2.05, 4.69) is 37.9 Å². The zero-order chi connectivity index (χ0) is 12.4. The summed E-state index contributed by atoms with van der Waals surface area (Å²) in [7, 11) is 0. The van der Waals surface area contributed by atoms with Gasteiger partial charge in [0.05, 0.1) is 5.69 Å². The summed E-state index contributed by atoms with van der Waals surface area (Å²) in [5, 5.41) is 1.12. The standard InChI is InChI=1S/C15H19NO/c1-4-11(5-2)15(17)14-9-12-8-10(3)6-7-13(12)16-14/h6-9,11,16H,4-5H2,1-3H3. The summed E-state index contributed by atoms with van der Waals surface area (Å²) in [5.41, 5.74) is 3.02. The number of fused-ring (bicyclic) bond motifs is 1. The molecule has 1 aromatic carbocycles. The van der Waals surface area contributed by atoms with E-state index in [1.807, 2.05) is 12.1 Å². The number of rotatable bonds is 4. The number of aromatic nitrogens is 1. The van der Waals surface area contributed by atoms with Gasteiger partial charge in [-0.05, 0) is 38.0 Å². The van der Waals surface area contributed by atoms with Crippen molar-refractivity contribution in [3.63, 3.8) is 0 Å². The molecule has 0 bridgehead atoms. The third-order valence-corrected chi connectivity index (χ3v) is 3.40. The summed E-state index contributed by atoms with van der Waals surface area (Å²) in [6, 6.07) is 8.18. The second-order valence-electron chi connectivity index (χ2n) is 4.65. The molecule has 2 aromatic rings. The molecule has 2 nitrogen and oxygen atoms in total. The second kappa shape index (κ2) is 4.74. The third-order valence-electron chi connectivity index (χ3n) is 3.40. The Labute approximate surface area is 102 Å². The van der Waals surface area contributed by atoms with Crippen LogP contribution in [-0.4, -0.2) is 10.8 Å². The van der Waals surface area contributed by atoms with Crippen LogP contribution >= 0.6 is 0 Å². The molecule has 2 heteroatoms. The van der Waals surface area contributed by atoms with Crippen LogP contribution in [0.15, 0.2) is 24.3 Å². The molecule has 17 heavy (non-hydrogen) atoms. The van der Waals surface area contributed by atoms with Gasteiger partial charge in [0.25, 0.3) is 0 Å². The van der Waals surface area contributed by atoms with Crippen molar-refractivity contribution in [2.75, 3.05) is 0 Å². The lowest BCUT2D eigenvalue weighted by Gasteiger charge is -2.08. The molecule has 0 saturated carbocycles. The first kappa shape index (κ1) is 11.9. The Morgan fingerprint density at radius 3 is 2.59 bits per heavy atom. The van der Waals surface area contributed by atoms with Gasteiger partial charge in [0, 0.05) is 16.8 Å². The van der Waals surface area contributed by atoms with E-state index in [9.17, 15) is 4.79 Å². The van der Waals surface area contributed by atoms with Gasteiger partial charge in [-0.1, -0.05) is 25.5 Å². The zero-order valence-electron chi connectivity index (χ0n) is 10.7. The van der Waals surface area contributed by atoms with Crippen molar-refractivity contribution in [3.8, 4) is 0 Å². The van der Waals surface area contributed by atoms with Crippen LogP contribution in [-0.2, 0) is 0 Å². The van der Waals surface area contributed by atoms with Crippen LogP contribution in [0.4, 0.5) is 0 Å². The number of hydrogen-bond acceptors (Lipinski definition) is 1. The summed E-state index contributed by atoms with van der Waals surface area (Å²) >= 11 is 0. The van der Waals surface area contributed by atoms with Crippen molar-refractivity contribution in [1.82, 2.24) is 4.98 Å². The molecule has 0 spiro atoms. The molecule has 0 radical (unpaired) electrons. The quantitative estimate of drug-likeness (QED) is 0.787. The lowest BCUT2D eigenvalue weighted by molar-refractivity contribution is 0.0909. The van der Waals surface area contributed by atoms with Crippen LogP contribution in [0.25, 0.3) is 10.9 Å². The Morgan fingerprint density at radius 2 is 1.94 bits per heavy atom. The first-order chi connectivity index (χ1) is 8.15. The van der Waals surface area contributed by atoms with Crippen LogP contribution in [0.2, 0.25) is 0 Å². The number of Topliss-reactive ketones (excluding diaryl/α,β-unsaturated/α-hetero) is 1. The van der Waals surface area contributed by atoms with Gasteiger partial charge in [0.1, 0.15) is 0 Å². The van der Waals surface area contributed by atoms with Crippen molar-refractivity contribution in [2.24, 2.45) is 5.92 Å². The van der Waals surface area contributed by atoms with E-state index < -0.39 is 0 Å². The average molecular weight is 229 g/mol. The Balaban J connectivity index is 2.39. The highest BCUT2D eigenvalue weighted by Crippen LogP contribution is 2.21. The van der Waals surface area contributed by atoms with Gasteiger partial charge in [-0.2, -0.15) is 0 Å². The van der Waals surface area contributed by atoms with E-state index >= 15 is 0 Å². The van der Waals surface area contributed by atoms with Crippen molar-refractivity contribution < 1.29 is 4.79 Å². The van der Waals surface area contributed by atoms with Crippen LogP contribution < -0.4 is 0 Å². The summed E-state index contributed by atoms with van der Waals surface area (Å²) < 4.78 is 0. The molecule has 1 heterocycles. The normalized spacial score (nSPS) is 11.3. The predicted molar refractivity (Wildman–Crippen MR) is 71.4 cm³/mol. The maximum absolute atomic E-state index is 12.2. The highest BCUT2D eigenvalue weighted by atomic mass is 16.1. The van der Waals surface area contributed by atoms with E-state index in [0.717, 1.165) is 29.4 Å². The summed E-state index contributed by atoms with van der Waals surface area (Å²) in [5.74, 6) is 0.382. The lowest BCUT2D eigenvalue weighted by Crippen LogP contribution is -2.13. The number of aromatic amines is 1. The first-order valence-corrected chi connectivity index (χ1v) is 6.29. The molecule has 1 N–H and O–H groups in total. The molecule has 0 aliphatic rings. The molecule has 0 saturated heterocycles. The number of hydrogen-bond donors (Lipinski definition) is 1. The fourth-order valence-corrected chi connectivity index (χ4v) is 2.26. The highest BCUT2D eigenvalue weighted by Gasteiger charge is 2.18. The van der Waals surface area contributed by atoms with E-state index in [1.165, 1.54) is 5.56 Å². The van der Waals surface area contributed by atoms with Gasteiger partial charge >= 0.3 is 0 Å². The Hall–Kier alpha value is -1.57. The van der Waals surface area contributed by atoms with Gasteiger partial charge in [0.2, 0.25) is 0 Å². The van der Waals surface area contributed by atoms with E-state index in [0.29, 0.717) is 0 Å². The molecular formula is C15H19NO. The SMILES string of the molecule is CCC(CC)C(=O)c1cc2cc(C)ccc2[nH]1. The minimum atomic E-state index is 0.143. The summed E-state index contributed by atoms with van der Waals surface area (Å²) in [4.78, 5) is 15.5. The number of carbonyl (C=O) groups excluding carboxylic acids is 1. The van der Waals surface area contributed by atoms with E-state index in [4.69, 9.17) is 0 Å². The number of benzene rings is 1. The van der Waals surface area contributed by atoms with Crippen molar-refractivity contribution >= 4 is 16.7 Å². The van der Waals surface area contributed by atoms with E-state index in [1.54, 1.807) is 0 Å². The van der Waals surface area contributed by atoms with Crippen LogP contribution in [0, 0.1) is 12.8 Å². The van der Waals surface area contributed by atoms with Crippen LogP contribution in [0.3, 0.4) is 0 Å². The molecule has 0 aliphatic heterocycles. The second-order valence-corrected chi connectivity index (χ2v) is 4.65. The number of carbonyl (C=O) groups is 1. The Kier molecular flexibility index (Phi) is 3.32. The monoisotopic (exact) mass is 229 g/mol. The Bertz CT molecular complexity index is 535. The number of H-pyrrole nitrogens is 1. The third kappa shape index (κ3) is 2.26. The van der Waals surface area contributed by atoms with E-state index in [-0.39, 0.29) is 11.7 Å². The molecule has 1 aromatic heterocycles. The molecule has 90 valence electrons. The minimum absolute atomic E-state index is 0.143. The first-order valence-electron chi connectivity index (χ1n) is 6.29. The smallest absolute Gasteiger partial charge is 0.182 e. The topological polar surface area (TPSA) is 32.9 Å². The van der Waals surface area contributed by atoms with Gasteiger partial charge in [-0.25, -0.2) is 0 Å². The molecular weight excluding hydrogens is 210 g/mol. The summed E-state index contributed by atoms with van der Waals surface area (Å²) in [6.07, 6.45) is 1.81. The van der Waals surface area contributed by atoms with Crippen molar-refractivity contribution in [3.05, 3.63) is 35.5 Å². The maximum Gasteiger partial charge on any atom is 0.182 e. The molecule has 0 aliphatic carbocycles. The zero-order valence-corrected chi connectivity index (χ0v) is 10.7. The number of nitrogens with one attached hydrogen (secondary N) is 1. The van der Waals surface area contributed by atoms with Gasteiger partial charge in [-0.15, -0.1) is 0 Å². The molecule has 0 fully saturated rings. The largest absolute Gasteiger partial charge is 0.352 e. The van der Waals surface area contributed by atoms with Crippen LogP contribution in [0.5, 0.6) is 0 Å². The van der Waals surface area contributed by atoms with Gasteiger partial charge in [-0.3, -0.25) is 4.79 Å². The number of aryl methyl sites for hydroxylation is 1.